The molecule has 1 aromatic carbocycles. The molecule has 0 unspecified atom stereocenters. The predicted octanol–water partition coefficient (Wildman–Crippen LogP) is 5.03. The number of nitrogens with one attached hydrogen (secondary N) is 2. The standard InChI is InChI=1S/C24H27N3O2/c1-2-4-22-17(3-1)23(19(14-29-22)15-8-11-28-12-9-15)26-20-7-10-25-24-18(20)13-21(27-24)16-5-6-16/h1-4,7,10,13,15-16,19,23H,5-6,8-9,11-12,14H2,(H2,25,26,27)/t19-,23+/m1/s1. The number of nitrogens with zero attached hydrogens (tertiary/aromatic N) is 1. The number of para-hydroxylation sites is 1. The van der Waals surface area contributed by atoms with E-state index in [9.17, 15) is 0 Å². The number of fused-ring (bicyclic) bond motifs is 2. The van der Waals surface area contributed by atoms with Gasteiger partial charge in [-0.1, -0.05) is 18.2 Å². The molecule has 5 heteroatoms. The van der Waals surface area contributed by atoms with E-state index in [1.165, 1.54) is 29.5 Å². The Kier molecular flexibility index (Phi) is 4.22. The predicted molar refractivity (Wildman–Crippen MR) is 113 cm³/mol. The van der Waals surface area contributed by atoms with Crippen LogP contribution in [0, 0.1) is 11.8 Å². The summed E-state index contributed by atoms with van der Waals surface area (Å²) in [5.41, 5.74) is 4.74. The first-order valence-corrected chi connectivity index (χ1v) is 10.9. The SMILES string of the molecule is c1ccc2c(c1)OC[C@H](C1CCOCC1)[C@H]2Nc1ccnc2[nH]c(C3CC3)cc12. The molecule has 0 radical (unpaired) electrons. The topological polar surface area (TPSA) is 59.2 Å². The molecule has 4 heterocycles. The zero-order valence-corrected chi connectivity index (χ0v) is 16.6. The molecular formula is C24H27N3O2. The summed E-state index contributed by atoms with van der Waals surface area (Å²) in [6.45, 7) is 2.48. The van der Waals surface area contributed by atoms with E-state index in [0.717, 1.165) is 49.7 Å². The van der Waals surface area contributed by atoms with Gasteiger partial charge in [0, 0.05) is 47.7 Å². The monoisotopic (exact) mass is 389 g/mol. The Morgan fingerprint density at radius 3 is 2.76 bits per heavy atom. The lowest BCUT2D eigenvalue weighted by Crippen LogP contribution is -2.38. The molecular weight excluding hydrogens is 362 g/mol. The molecule has 1 saturated carbocycles. The van der Waals surface area contributed by atoms with Gasteiger partial charge < -0.3 is 19.8 Å². The van der Waals surface area contributed by atoms with Crippen LogP contribution in [0.1, 0.15) is 48.9 Å². The maximum absolute atomic E-state index is 6.19. The summed E-state index contributed by atoms with van der Waals surface area (Å²) in [6, 6.07) is 13.1. The number of ether oxygens (including phenoxy) is 2. The highest BCUT2D eigenvalue weighted by Crippen LogP contribution is 2.45. The Hall–Kier alpha value is -2.53. The lowest BCUT2D eigenvalue weighted by Gasteiger charge is -2.40. The van der Waals surface area contributed by atoms with Crippen LogP contribution >= 0.6 is 0 Å². The third-order valence-electron chi connectivity index (χ3n) is 6.87. The van der Waals surface area contributed by atoms with Gasteiger partial charge in [0.2, 0.25) is 0 Å². The first-order chi connectivity index (χ1) is 14.4. The maximum Gasteiger partial charge on any atom is 0.139 e. The molecule has 2 atom stereocenters. The van der Waals surface area contributed by atoms with Crippen LogP contribution < -0.4 is 10.1 Å². The quantitative estimate of drug-likeness (QED) is 0.657. The van der Waals surface area contributed by atoms with E-state index in [1.54, 1.807) is 0 Å². The number of hydrogen-bond acceptors (Lipinski definition) is 4. The van der Waals surface area contributed by atoms with Crippen LogP contribution in [-0.2, 0) is 4.74 Å². The summed E-state index contributed by atoms with van der Waals surface area (Å²) < 4.78 is 11.8. The number of hydrogen-bond donors (Lipinski definition) is 2. The second kappa shape index (κ2) is 7.06. The Labute approximate surface area is 170 Å². The molecule has 0 spiro atoms. The van der Waals surface area contributed by atoms with E-state index in [0.29, 0.717) is 17.8 Å². The number of aromatic amines is 1. The van der Waals surface area contributed by atoms with Gasteiger partial charge in [-0.05, 0) is 55.7 Å². The molecule has 0 amide bonds. The zero-order chi connectivity index (χ0) is 19.2. The van der Waals surface area contributed by atoms with E-state index in [-0.39, 0.29) is 6.04 Å². The Morgan fingerprint density at radius 2 is 1.90 bits per heavy atom. The average molecular weight is 389 g/mol. The highest BCUT2D eigenvalue weighted by atomic mass is 16.5. The molecule has 2 aromatic heterocycles. The summed E-state index contributed by atoms with van der Waals surface area (Å²) in [7, 11) is 0. The Bertz CT molecular complexity index is 1020. The molecule has 2 fully saturated rings. The maximum atomic E-state index is 6.19. The van der Waals surface area contributed by atoms with Crippen LogP contribution in [0.15, 0.2) is 42.6 Å². The minimum absolute atomic E-state index is 0.230. The van der Waals surface area contributed by atoms with Crippen molar-refractivity contribution >= 4 is 16.7 Å². The van der Waals surface area contributed by atoms with Gasteiger partial charge in [-0.15, -0.1) is 0 Å². The lowest BCUT2D eigenvalue weighted by molar-refractivity contribution is 0.0264. The van der Waals surface area contributed by atoms with Gasteiger partial charge in [-0.25, -0.2) is 4.98 Å². The fraction of sp³-hybridized carbons (Fsp3) is 0.458. The molecule has 150 valence electrons. The number of H-pyrrole nitrogens is 1. The molecule has 5 nitrogen and oxygen atoms in total. The first-order valence-electron chi connectivity index (χ1n) is 10.9. The fourth-order valence-electron chi connectivity index (χ4n) is 5.07. The van der Waals surface area contributed by atoms with Crippen molar-refractivity contribution in [3.05, 3.63) is 53.9 Å². The molecule has 1 saturated heterocycles. The van der Waals surface area contributed by atoms with Crippen molar-refractivity contribution in [3.8, 4) is 5.75 Å². The highest BCUT2D eigenvalue weighted by Gasteiger charge is 2.37. The van der Waals surface area contributed by atoms with Crippen molar-refractivity contribution in [1.82, 2.24) is 9.97 Å². The number of benzene rings is 1. The Balaban J connectivity index is 1.38. The second-order valence-electron chi connectivity index (χ2n) is 8.70. The minimum Gasteiger partial charge on any atom is -0.493 e. The van der Waals surface area contributed by atoms with Crippen LogP contribution in [0.25, 0.3) is 11.0 Å². The van der Waals surface area contributed by atoms with E-state index in [4.69, 9.17) is 9.47 Å². The van der Waals surface area contributed by atoms with E-state index in [1.807, 2.05) is 6.20 Å². The molecule has 2 aliphatic heterocycles. The van der Waals surface area contributed by atoms with Crippen molar-refractivity contribution in [1.29, 1.82) is 0 Å². The largest absolute Gasteiger partial charge is 0.493 e. The van der Waals surface area contributed by atoms with Crippen LogP contribution in [-0.4, -0.2) is 29.8 Å². The molecule has 0 bridgehead atoms. The number of aromatic nitrogens is 2. The number of anilines is 1. The van der Waals surface area contributed by atoms with E-state index in [2.05, 4.69) is 51.7 Å². The highest BCUT2D eigenvalue weighted by molar-refractivity contribution is 5.90. The normalized spacial score (nSPS) is 24.8. The smallest absolute Gasteiger partial charge is 0.139 e. The molecule has 1 aliphatic carbocycles. The zero-order valence-electron chi connectivity index (χ0n) is 16.6. The summed E-state index contributed by atoms with van der Waals surface area (Å²) >= 11 is 0. The van der Waals surface area contributed by atoms with E-state index >= 15 is 0 Å². The van der Waals surface area contributed by atoms with Crippen LogP contribution in [0.4, 0.5) is 5.69 Å². The van der Waals surface area contributed by atoms with E-state index < -0.39 is 0 Å². The fourth-order valence-corrected chi connectivity index (χ4v) is 5.07. The van der Waals surface area contributed by atoms with Crippen molar-refractivity contribution in [2.24, 2.45) is 11.8 Å². The molecule has 6 rings (SSSR count). The first kappa shape index (κ1) is 17.3. The van der Waals surface area contributed by atoms with Gasteiger partial charge in [0.05, 0.1) is 12.6 Å². The third-order valence-corrected chi connectivity index (χ3v) is 6.87. The van der Waals surface area contributed by atoms with Gasteiger partial charge >= 0.3 is 0 Å². The molecule has 2 N–H and O–H groups in total. The van der Waals surface area contributed by atoms with Gasteiger partial charge in [0.15, 0.2) is 0 Å². The van der Waals surface area contributed by atoms with Gasteiger partial charge in [0.25, 0.3) is 0 Å². The number of rotatable bonds is 4. The van der Waals surface area contributed by atoms with Crippen molar-refractivity contribution in [2.75, 3.05) is 25.1 Å². The van der Waals surface area contributed by atoms with Crippen molar-refractivity contribution < 1.29 is 9.47 Å². The van der Waals surface area contributed by atoms with Crippen molar-refractivity contribution in [3.63, 3.8) is 0 Å². The summed E-state index contributed by atoms with van der Waals surface area (Å²) in [4.78, 5) is 8.12. The third kappa shape index (κ3) is 3.18. The Morgan fingerprint density at radius 1 is 1.03 bits per heavy atom. The average Bonchev–Trinajstić information content (AvgIpc) is 3.53. The van der Waals surface area contributed by atoms with Gasteiger partial charge in [0.1, 0.15) is 11.4 Å². The van der Waals surface area contributed by atoms with Crippen LogP contribution in [0.5, 0.6) is 5.75 Å². The summed E-state index contributed by atoms with van der Waals surface area (Å²) in [6.07, 6.45) is 6.70. The van der Waals surface area contributed by atoms with Gasteiger partial charge in [-0.2, -0.15) is 0 Å². The molecule has 3 aromatic rings. The number of pyridine rings is 1. The summed E-state index contributed by atoms with van der Waals surface area (Å²) in [5, 5.41) is 5.12. The van der Waals surface area contributed by atoms with Crippen LogP contribution in [0.3, 0.4) is 0 Å². The molecule has 3 aliphatic rings. The van der Waals surface area contributed by atoms with Crippen LogP contribution in [0.2, 0.25) is 0 Å². The second-order valence-corrected chi connectivity index (χ2v) is 8.70. The molecule has 29 heavy (non-hydrogen) atoms. The van der Waals surface area contributed by atoms with Gasteiger partial charge in [-0.3, -0.25) is 0 Å². The van der Waals surface area contributed by atoms with Crippen molar-refractivity contribution in [2.45, 2.75) is 37.6 Å². The lowest BCUT2D eigenvalue weighted by atomic mass is 9.77. The summed E-state index contributed by atoms with van der Waals surface area (Å²) in [5.74, 6) is 2.74. The minimum atomic E-state index is 0.230.